The third-order valence-corrected chi connectivity index (χ3v) is 3.77. The standard InChI is InChI=1S/C16H21N3O2/c1-3-13-4-6-14(7-5-13)16-17-15(21-18-16)11-19-8-9-20-12(2)10-19/h4-7,12H,3,8-11H2,1-2H3/t12-/m1/s1. The van der Waals surface area contributed by atoms with Crippen LogP contribution in [-0.2, 0) is 17.7 Å². The molecule has 21 heavy (non-hydrogen) atoms. The number of benzene rings is 1. The minimum atomic E-state index is 0.266. The molecule has 0 aliphatic carbocycles. The summed E-state index contributed by atoms with van der Waals surface area (Å²) in [5.41, 5.74) is 2.31. The van der Waals surface area contributed by atoms with Gasteiger partial charge in [0.25, 0.3) is 0 Å². The van der Waals surface area contributed by atoms with E-state index in [1.807, 2.05) is 12.1 Å². The molecule has 0 spiro atoms. The lowest BCUT2D eigenvalue weighted by Gasteiger charge is -2.29. The van der Waals surface area contributed by atoms with Crippen LogP contribution in [0.1, 0.15) is 25.3 Å². The maximum absolute atomic E-state index is 5.53. The van der Waals surface area contributed by atoms with Crippen LogP contribution in [0.25, 0.3) is 11.4 Å². The predicted octanol–water partition coefficient (Wildman–Crippen LogP) is 2.52. The van der Waals surface area contributed by atoms with Gasteiger partial charge in [-0.3, -0.25) is 4.90 Å². The number of aromatic nitrogens is 2. The van der Waals surface area contributed by atoms with Gasteiger partial charge in [0.1, 0.15) is 0 Å². The quantitative estimate of drug-likeness (QED) is 0.865. The zero-order valence-electron chi connectivity index (χ0n) is 12.6. The van der Waals surface area contributed by atoms with Gasteiger partial charge < -0.3 is 9.26 Å². The molecule has 1 aliphatic rings. The molecule has 3 rings (SSSR count). The lowest BCUT2D eigenvalue weighted by molar-refractivity contribution is -0.0240. The molecule has 1 aromatic heterocycles. The first kappa shape index (κ1) is 14.2. The Bertz CT molecular complexity index is 579. The first-order valence-corrected chi connectivity index (χ1v) is 7.50. The summed E-state index contributed by atoms with van der Waals surface area (Å²) in [5, 5.41) is 4.08. The summed E-state index contributed by atoms with van der Waals surface area (Å²) in [6, 6.07) is 8.30. The van der Waals surface area contributed by atoms with E-state index in [0.29, 0.717) is 18.3 Å². The van der Waals surface area contributed by atoms with E-state index in [4.69, 9.17) is 9.26 Å². The second-order valence-corrected chi connectivity index (χ2v) is 5.48. The van der Waals surface area contributed by atoms with Gasteiger partial charge in [-0.2, -0.15) is 4.98 Å². The van der Waals surface area contributed by atoms with Crippen molar-refractivity contribution in [1.82, 2.24) is 15.0 Å². The maximum atomic E-state index is 5.53. The molecule has 1 saturated heterocycles. The highest BCUT2D eigenvalue weighted by molar-refractivity contribution is 5.54. The van der Waals surface area contributed by atoms with Gasteiger partial charge in [0.15, 0.2) is 0 Å². The highest BCUT2D eigenvalue weighted by Crippen LogP contribution is 2.18. The van der Waals surface area contributed by atoms with E-state index in [9.17, 15) is 0 Å². The fourth-order valence-electron chi connectivity index (χ4n) is 2.55. The third-order valence-electron chi connectivity index (χ3n) is 3.77. The Morgan fingerprint density at radius 3 is 2.81 bits per heavy atom. The average molecular weight is 287 g/mol. The Morgan fingerprint density at radius 2 is 2.10 bits per heavy atom. The summed E-state index contributed by atoms with van der Waals surface area (Å²) in [5.74, 6) is 1.33. The molecule has 2 aromatic rings. The molecule has 1 aliphatic heterocycles. The number of hydrogen-bond acceptors (Lipinski definition) is 5. The lowest BCUT2D eigenvalue weighted by Crippen LogP contribution is -2.40. The number of hydrogen-bond donors (Lipinski definition) is 0. The van der Waals surface area contributed by atoms with Crippen molar-refractivity contribution in [2.24, 2.45) is 0 Å². The summed E-state index contributed by atoms with van der Waals surface area (Å²) >= 11 is 0. The fraction of sp³-hybridized carbons (Fsp3) is 0.500. The van der Waals surface area contributed by atoms with Crippen LogP contribution in [0.5, 0.6) is 0 Å². The van der Waals surface area contributed by atoms with Crippen LogP contribution in [-0.4, -0.2) is 40.8 Å². The molecule has 5 nitrogen and oxygen atoms in total. The van der Waals surface area contributed by atoms with Crippen LogP contribution in [0, 0.1) is 0 Å². The molecule has 5 heteroatoms. The number of morpholine rings is 1. The second kappa shape index (κ2) is 6.37. The third kappa shape index (κ3) is 3.49. The highest BCUT2D eigenvalue weighted by atomic mass is 16.5. The van der Waals surface area contributed by atoms with Crippen LogP contribution in [0.3, 0.4) is 0 Å². The molecule has 1 aromatic carbocycles. The maximum Gasteiger partial charge on any atom is 0.241 e. The summed E-state index contributed by atoms with van der Waals surface area (Å²) in [4.78, 5) is 6.78. The molecule has 2 heterocycles. The van der Waals surface area contributed by atoms with E-state index < -0.39 is 0 Å². The average Bonchev–Trinajstić information content (AvgIpc) is 2.96. The first-order valence-electron chi connectivity index (χ1n) is 7.50. The molecule has 0 amide bonds. The van der Waals surface area contributed by atoms with Crippen molar-refractivity contribution in [2.75, 3.05) is 19.7 Å². The summed E-state index contributed by atoms with van der Waals surface area (Å²) < 4.78 is 10.9. The van der Waals surface area contributed by atoms with E-state index in [1.54, 1.807) is 0 Å². The van der Waals surface area contributed by atoms with Crippen LogP contribution < -0.4 is 0 Å². The SMILES string of the molecule is CCc1ccc(-c2noc(CN3CCO[C@H](C)C3)n2)cc1. The van der Waals surface area contributed by atoms with Crippen molar-refractivity contribution in [3.63, 3.8) is 0 Å². The van der Waals surface area contributed by atoms with Crippen molar-refractivity contribution in [3.8, 4) is 11.4 Å². The van der Waals surface area contributed by atoms with Crippen molar-refractivity contribution in [2.45, 2.75) is 32.9 Å². The molecule has 112 valence electrons. The van der Waals surface area contributed by atoms with Crippen molar-refractivity contribution >= 4 is 0 Å². The van der Waals surface area contributed by atoms with Crippen LogP contribution in [0.4, 0.5) is 0 Å². The topological polar surface area (TPSA) is 51.4 Å². The molecule has 1 atom stereocenters. The highest BCUT2D eigenvalue weighted by Gasteiger charge is 2.19. The molecule has 1 fully saturated rings. The van der Waals surface area contributed by atoms with Crippen LogP contribution in [0.2, 0.25) is 0 Å². The molecule has 0 radical (unpaired) electrons. The zero-order valence-corrected chi connectivity index (χ0v) is 12.6. The number of ether oxygens (including phenoxy) is 1. The monoisotopic (exact) mass is 287 g/mol. The fourth-order valence-corrected chi connectivity index (χ4v) is 2.55. The second-order valence-electron chi connectivity index (χ2n) is 5.48. The summed E-state index contributed by atoms with van der Waals surface area (Å²) in [6.45, 7) is 7.50. The van der Waals surface area contributed by atoms with E-state index in [0.717, 1.165) is 31.7 Å². The lowest BCUT2D eigenvalue weighted by atomic mass is 10.1. The first-order chi connectivity index (χ1) is 10.2. The Balaban J connectivity index is 1.67. The molecular formula is C16H21N3O2. The van der Waals surface area contributed by atoms with Gasteiger partial charge in [0, 0.05) is 18.7 Å². The largest absolute Gasteiger partial charge is 0.376 e. The number of aryl methyl sites for hydroxylation is 1. The number of rotatable bonds is 4. The minimum absolute atomic E-state index is 0.266. The van der Waals surface area contributed by atoms with Gasteiger partial charge in [-0.1, -0.05) is 36.3 Å². The Kier molecular flexibility index (Phi) is 4.31. The van der Waals surface area contributed by atoms with E-state index in [-0.39, 0.29) is 6.10 Å². The van der Waals surface area contributed by atoms with Gasteiger partial charge in [-0.15, -0.1) is 0 Å². The molecule has 0 unspecified atom stereocenters. The smallest absolute Gasteiger partial charge is 0.241 e. The van der Waals surface area contributed by atoms with Crippen molar-refractivity contribution in [1.29, 1.82) is 0 Å². The Morgan fingerprint density at radius 1 is 1.29 bits per heavy atom. The van der Waals surface area contributed by atoms with Crippen LogP contribution >= 0.6 is 0 Å². The normalized spacial score (nSPS) is 19.8. The molecule has 0 saturated carbocycles. The molecule has 0 bridgehead atoms. The predicted molar refractivity (Wildman–Crippen MR) is 79.8 cm³/mol. The van der Waals surface area contributed by atoms with Crippen molar-refractivity contribution in [3.05, 3.63) is 35.7 Å². The Labute approximate surface area is 124 Å². The van der Waals surface area contributed by atoms with E-state index in [2.05, 4.69) is 41.0 Å². The molecule has 0 N–H and O–H groups in total. The van der Waals surface area contributed by atoms with Gasteiger partial charge >= 0.3 is 0 Å². The van der Waals surface area contributed by atoms with Gasteiger partial charge in [0.05, 0.1) is 19.3 Å². The minimum Gasteiger partial charge on any atom is -0.376 e. The summed E-state index contributed by atoms with van der Waals surface area (Å²) in [7, 11) is 0. The van der Waals surface area contributed by atoms with E-state index in [1.165, 1.54) is 5.56 Å². The van der Waals surface area contributed by atoms with Crippen LogP contribution in [0.15, 0.2) is 28.8 Å². The van der Waals surface area contributed by atoms with E-state index >= 15 is 0 Å². The van der Waals surface area contributed by atoms with Gasteiger partial charge in [-0.05, 0) is 18.9 Å². The summed E-state index contributed by atoms with van der Waals surface area (Å²) in [6.07, 6.45) is 1.30. The Hall–Kier alpha value is -1.72. The van der Waals surface area contributed by atoms with Gasteiger partial charge in [0.2, 0.25) is 11.7 Å². The van der Waals surface area contributed by atoms with Crippen molar-refractivity contribution < 1.29 is 9.26 Å². The number of nitrogens with zero attached hydrogens (tertiary/aromatic N) is 3. The van der Waals surface area contributed by atoms with Gasteiger partial charge in [-0.25, -0.2) is 0 Å². The zero-order chi connectivity index (χ0) is 14.7. The molecular weight excluding hydrogens is 266 g/mol.